The zero-order valence-corrected chi connectivity index (χ0v) is 13.7. The molecule has 0 aliphatic carbocycles. The van der Waals surface area contributed by atoms with Crippen molar-refractivity contribution in [3.8, 4) is 0 Å². The highest BCUT2D eigenvalue weighted by Gasteiger charge is 2.50. The largest absolute Gasteiger partial charge is 0.394 e. The summed E-state index contributed by atoms with van der Waals surface area (Å²) in [6.07, 6.45) is -8.43. The SMILES string of the molecule is CO[C@H]1O[C@H](CO)[C@@H](O)[C@H](O)[C@@H]1O[C@H]1O[C@H](CSC)[C@H](O)[C@H]1O. The lowest BCUT2D eigenvalue weighted by Crippen LogP contribution is -2.61. The van der Waals surface area contributed by atoms with Gasteiger partial charge in [0.05, 0.1) is 12.7 Å². The van der Waals surface area contributed by atoms with Gasteiger partial charge in [0.15, 0.2) is 12.6 Å². The summed E-state index contributed by atoms with van der Waals surface area (Å²) >= 11 is 1.44. The van der Waals surface area contributed by atoms with Crippen molar-refractivity contribution in [2.24, 2.45) is 0 Å². The quantitative estimate of drug-likeness (QED) is 0.341. The molecular formula is C13H24O9S. The van der Waals surface area contributed by atoms with Crippen molar-refractivity contribution in [2.75, 3.05) is 25.7 Å². The van der Waals surface area contributed by atoms with Gasteiger partial charge in [0.2, 0.25) is 0 Å². The second kappa shape index (κ2) is 8.39. The van der Waals surface area contributed by atoms with E-state index in [9.17, 15) is 20.4 Å². The molecule has 0 unspecified atom stereocenters. The number of aliphatic hydroxyl groups excluding tert-OH is 5. The Morgan fingerprint density at radius 3 is 2.09 bits per heavy atom. The molecule has 2 heterocycles. The van der Waals surface area contributed by atoms with E-state index in [4.69, 9.17) is 24.1 Å². The fourth-order valence-corrected chi connectivity index (χ4v) is 3.28. The third-order valence-corrected chi connectivity index (χ3v) is 4.66. The van der Waals surface area contributed by atoms with E-state index in [0.29, 0.717) is 5.75 Å². The van der Waals surface area contributed by atoms with Crippen LogP contribution in [0.4, 0.5) is 0 Å². The Labute approximate surface area is 138 Å². The van der Waals surface area contributed by atoms with Crippen molar-refractivity contribution in [1.29, 1.82) is 0 Å². The molecule has 23 heavy (non-hydrogen) atoms. The number of rotatable bonds is 6. The average Bonchev–Trinajstić information content (AvgIpc) is 2.81. The van der Waals surface area contributed by atoms with Crippen molar-refractivity contribution in [1.82, 2.24) is 0 Å². The molecule has 0 saturated carbocycles. The maximum atomic E-state index is 10.2. The van der Waals surface area contributed by atoms with Crippen LogP contribution in [0.5, 0.6) is 0 Å². The van der Waals surface area contributed by atoms with Crippen molar-refractivity contribution in [3.63, 3.8) is 0 Å². The molecule has 10 heteroatoms. The van der Waals surface area contributed by atoms with Gasteiger partial charge in [-0.25, -0.2) is 0 Å². The summed E-state index contributed by atoms with van der Waals surface area (Å²) < 4.78 is 21.4. The molecule has 136 valence electrons. The van der Waals surface area contributed by atoms with Gasteiger partial charge in [-0.3, -0.25) is 0 Å². The maximum Gasteiger partial charge on any atom is 0.187 e. The van der Waals surface area contributed by atoms with Crippen molar-refractivity contribution >= 4 is 11.8 Å². The van der Waals surface area contributed by atoms with Gasteiger partial charge in [-0.05, 0) is 6.26 Å². The molecule has 2 saturated heterocycles. The van der Waals surface area contributed by atoms with Gasteiger partial charge in [-0.15, -0.1) is 0 Å². The van der Waals surface area contributed by atoms with E-state index in [1.807, 2.05) is 6.26 Å². The van der Waals surface area contributed by atoms with Crippen LogP contribution >= 0.6 is 11.8 Å². The van der Waals surface area contributed by atoms with Crippen LogP contribution in [0.25, 0.3) is 0 Å². The summed E-state index contributed by atoms with van der Waals surface area (Å²) in [6, 6.07) is 0. The van der Waals surface area contributed by atoms with Crippen LogP contribution in [0.2, 0.25) is 0 Å². The highest BCUT2D eigenvalue weighted by molar-refractivity contribution is 7.98. The highest BCUT2D eigenvalue weighted by Crippen LogP contribution is 2.30. The number of aliphatic hydroxyl groups is 5. The van der Waals surface area contributed by atoms with Gasteiger partial charge < -0.3 is 44.5 Å². The lowest BCUT2D eigenvalue weighted by atomic mass is 9.99. The molecule has 2 aliphatic rings. The summed E-state index contributed by atoms with van der Waals surface area (Å²) in [5.74, 6) is 0.463. The van der Waals surface area contributed by atoms with Crippen LogP contribution in [-0.2, 0) is 18.9 Å². The number of thioether (sulfide) groups is 1. The van der Waals surface area contributed by atoms with Crippen LogP contribution in [-0.4, -0.2) is 107 Å². The number of hydrogen-bond acceptors (Lipinski definition) is 10. The third-order valence-electron chi connectivity index (χ3n) is 4.00. The lowest BCUT2D eigenvalue weighted by molar-refractivity contribution is -0.332. The summed E-state index contributed by atoms with van der Waals surface area (Å²) in [5, 5.41) is 49.2. The van der Waals surface area contributed by atoms with Crippen LogP contribution < -0.4 is 0 Å². The van der Waals surface area contributed by atoms with Crippen LogP contribution in [0, 0.1) is 0 Å². The van der Waals surface area contributed by atoms with E-state index in [2.05, 4.69) is 0 Å². The summed E-state index contributed by atoms with van der Waals surface area (Å²) in [6.45, 7) is -0.498. The molecule has 0 aromatic carbocycles. The molecule has 0 amide bonds. The lowest BCUT2D eigenvalue weighted by Gasteiger charge is -2.42. The molecule has 9 atom stereocenters. The number of ether oxygens (including phenoxy) is 4. The Morgan fingerprint density at radius 2 is 1.52 bits per heavy atom. The zero-order valence-electron chi connectivity index (χ0n) is 12.9. The average molecular weight is 356 g/mol. The van der Waals surface area contributed by atoms with Crippen molar-refractivity contribution < 1.29 is 44.5 Å². The summed E-state index contributed by atoms with van der Waals surface area (Å²) in [5.41, 5.74) is 0. The van der Waals surface area contributed by atoms with Gasteiger partial charge in [0, 0.05) is 12.9 Å². The summed E-state index contributed by atoms with van der Waals surface area (Å²) in [7, 11) is 1.32. The Hall–Kier alpha value is -0.0100. The molecule has 0 radical (unpaired) electrons. The molecule has 0 aromatic rings. The zero-order chi connectivity index (χ0) is 17.1. The van der Waals surface area contributed by atoms with Crippen LogP contribution in [0.3, 0.4) is 0 Å². The Kier molecular flexibility index (Phi) is 7.04. The third kappa shape index (κ3) is 3.98. The number of hydrogen-bond donors (Lipinski definition) is 5. The Balaban J connectivity index is 2.05. The Morgan fingerprint density at radius 1 is 0.913 bits per heavy atom. The first kappa shape index (κ1) is 19.3. The molecule has 0 spiro atoms. The monoisotopic (exact) mass is 356 g/mol. The smallest absolute Gasteiger partial charge is 0.187 e. The van der Waals surface area contributed by atoms with E-state index >= 15 is 0 Å². The molecule has 0 bridgehead atoms. The van der Waals surface area contributed by atoms with E-state index in [1.54, 1.807) is 0 Å². The minimum absolute atomic E-state index is 0.463. The van der Waals surface area contributed by atoms with Gasteiger partial charge in [-0.1, -0.05) is 0 Å². The van der Waals surface area contributed by atoms with Crippen LogP contribution in [0.15, 0.2) is 0 Å². The second-order valence-electron chi connectivity index (χ2n) is 5.52. The standard InChI is InChI=1S/C13H24O9S/c1-19-13-11(9(17)7(15)5(3-14)20-13)22-12-10(18)8(16)6(21-12)4-23-2/h5-18H,3-4H2,1-2H3/t5-,6-,7-,8+,9+,10-,11+,12-,13+/m1/s1. The molecular weight excluding hydrogens is 332 g/mol. The molecule has 9 nitrogen and oxygen atoms in total. The maximum absolute atomic E-state index is 10.2. The molecule has 2 rings (SSSR count). The molecule has 5 N–H and O–H groups in total. The van der Waals surface area contributed by atoms with Crippen LogP contribution in [0.1, 0.15) is 0 Å². The molecule has 0 aromatic heterocycles. The minimum atomic E-state index is -1.42. The fraction of sp³-hybridized carbons (Fsp3) is 1.00. The predicted molar refractivity (Wildman–Crippen MR) is 78.7 cm³/mol. The summed E-state index contributed by atoms with van der Waals surface area (Å²) in [4.78, 5) is 0. The topological polar surface area (TPSA) is 138 Å². The highest BCUT2D eigenvalue weighted by atomic mass is 32.2. The first-order valence-electron chi connectivity index (χ1n) is 7.25. The molecule has 2 aliphatic heterocycles. The normalized spacial score (nSPS) is 47.9. The fourth-order valence-electron chi connectivity index (χ4n) is 2.67. The first-order chi connectivity index (χ1) is 10.9. The Bertz CT molecular complexity index is 371. The van der Waals surface area contributed by atoms with Crippen molar-refractivity contribution in [3.05, 3.63) is 0 Å². The van der Waals surface area contributed by atoms with Gasteiger partial charge in [0.1, 0.15) is 36.6 Å². The van der Waals surface area contributed by atoms with E-state index in [1.165, 1.54) is 18.9 Å². The van der Waals surface area contributed by atoms with Gasteiger partial charge >= 0.3 is 0 Å². The van der Waals surface area contributed by atoms with Crippen molar-refractivity contribution in [2.45, 2.75) is 55.3 Å². The predicted octanol–water partition coefficient (Wildman–Crippen LogP) is -2.73. The van der Waals surface area contributed by atoms with E-state index in [0.717, 1.165) is 0 Å². The second-order valence-corrected chi connectivity index (χ2v) is 6.43. The van der Waals surface area contributed by atoms with Gasteiger partial charge in [-0.2, -0.15) is 11.8 Å². The number of methoxy groups -OCH3 is 1. The minimum Gasteiger partial charge on any atom is -0.394 e. The molecule has 2 fully saturated rings. The van der Waals surface area contributed by atoms with E-state index < -0.39 is 61.9 Å². The van der Waals surface area contributed by atoms with Gasteiger partial charge in [0.25, 0.3) is 0 Å². The first-order valence-corrected chi connectivity index (χ1v) is 8.65. The van der Waals surface area contributed by atoms with E-state index in [-0.39, 0.29) is 0 Å².